The molecule has 1 aromatic heterocycles. The summed E-state index contributed by atoms with van der Waals surface area (Å²) in [6.07, 6.45) is 1.80. The molecule has 16 heavy (non-hydrogen) atoms. The van der Waals surface area contributed by atoms with Gasteiger partial charge in [-0.1, -0.05) is 0 Å². The number of carbonyl (C=O) groups excluding carboxylic acids is 1. The van der Waals surface area contributed by atoms with Gasteiger partial charge in [-0.3, -0.25) is 9.78 Å². The number of hydrogen-bond acceptors (Lipinski definition) is 5. The molecule has 0 bridgehead atoms. The summed E-state index contributed by atoms with van der Waals surface area (Å²) >= 11 is 1.57. The van der Waals surface area contributed by atoms with Crippen molar-refractivity contribution >= 4 is 17.2 Å². The van der Waals surface area contributed by atoms with Crippen LogP contribution in [0.5, 0.6) is 0 Å². The van der Waals surface area contributed by atoms with Crippen molar-refractivity contribution in [3.63, 3.8) is 0 Å². The van der Waals surface area contributed by atoms with E-state index >= 15 is 0 Å². The Balaban J connectivity index is 2.18. The Morgan fingerprint density at radius 2 is 2.50 bits per heavy atom. The lowest BCUT2D eigenvalue weighted by molar-refractivity contribution is -0.122. The summed E-state index contributed by atoms with van der Waals surface area (Å²) in [5.74, 6) is -0.0124. The molecule has 0 aliphatic rings. The van der Waals surface area contributed by atoms with Gasteiger partial charge in [0.1, 0.15) is 0 Å². The lowest BCUT2D eigenvalue weighted by Crippen LogP contribution is -2.42. The number of amides is 1. The van der Waals surface area contributed by atoms with Crippen LogP contribution in [0, 0.1) is 0 Å². The van der Waals surface area contributed by atoms with Crippen molar-refractivity contribution in [2.24, 2.45) is 0 Å². The first-order valence-electron chi connectivity index (χ1n) is 5.11. The number of hydrogen-bond donors (Lipinski definition) is 2. The Morgan fingerprint density at radius 3 is 3.12 bits per heavy atom. The highest BCUT2D eigenvalue weighted by Crippen LogP contribution is 2.04. The monoisotopic (exact) mass is 243 g/mol. The van der Waals surface area contributed by atoms with E-state index in [1.54, 1.807) is 30.2 Å². The van der Waals surface area contributed by atoms with Crippen LogP contribution in [0.15, 0.2) is 11.7 Å². The lowest BCUT2D eigenvalue weighted by Gasteiger charge is -2.12. The van der Waals surface area contributed by atoms with Gasteiger partial charge in [-0.25, -0.2) is 0 Å². The van der Waals surface area contributed by atoms with E-state index in [0.29, 0.717) is 19.7 Å². The molecular formula is C10H17N3O2S. The molecular weight excluding hydrogens is 226 g/mol. The van der Waals surface area contributed by atoms with Crippen molar-refractivity contribution in [2.75, 3.05) is 20.3 Å². The van der Waals surface area contributed by atoms with Gasteiger partial charge in [-0.2, -0.15) is 0 Å². The van der Waals surface area contributed by atoms with Crippen LogP contribution in [0.25, 0.3) is 0 Å². The summed E-state index contributed by atoms with van der Waals surface area (Å²) in [4.78, 5) is 16.6. The van der Waals surface area contributed by atoms with E-state index in [9.17, 15) is 4.79 Å². The van der Waals surface area contributed by atoms with Crippen LogP contribution in [0.1, 0.15) is 11.8 Å². The SMILES string of the molecule is COCCNC(=O)C(C)NCc1cncs1. The molecule has 0 aliphatic carbocycles. The summed E-state index contributed by atoms with van der Waals surface area (Å²) in [5.41, 5.74) is 1.78. The third kappa shape index (κ3) is 4.69. The maximum absolute atomic E-state index is 11.5. The topological polar surface area (TPSA) is 63.2 Å². The molecule has 1 rings (SSSR count). The van der Waals surface area contributed by atoms with Crippen LogP contribution in [0.3, 0.4) is 0 Å². The fourth-order valence-electron chi connectivity index (χ4n) is 1.11. The normalized spacial score (nSPS) is 12.4. The molecule has 0 saturated heterocycles. The average Bonchev–Trinajstić information content (AvgIpc) is 2.79. The fraction of sp³-hybridized carbons (Fsp3) is 0.600. The highest BCUT2D eigenvalue weighted by Gasteiger charge is 2.11. The number of thiazole rings is 1. The molecule has 1 aromatic rings. The third-order valence-electron chi connectivity index (χ3n) is 2.06. The van der Waals surface area contributed by atoms with Crippen molar-refractivity contribution in [1.29, 1.82) is 0 Å². The molecule has 0 radical (unpaired) electrons. The van der Waals surface area contributed by atoms with E-state index in [1.807, 2.05) is 6.92 Å². The Bertz CT molecular complexity index is 303. The van der Waals surface area contributed by atoms with Gasteiger partial charge in [-0.15, -0.1) is 11.3 Å². The number of nitrogens with one attached hydrogen (secondary N) is 2. The third-order valence-corrected chi connectivity index (χ3v) is 2.84. The van der Waals surface area contributed by atoms with Gasteiger partial charge in [0.05, 0.1) is 18.2 Å². The van der Waals surface area contributed by atoms with Gasteiger partial charge in [-0.05, 0) is 6.92 Å². The van der Waals surface area contributed by atoms with Crippen LogP contribution in [0.2, 0.25) is 0 Å². The number of aromatic nitrogens is 1. The molecule has 2 N–H and O–H groups in total. The standard InChI is InChI=1S/C10H17N3O2S/c1-8(10(14)12-3-4-15-2)13-6-9-5-11-7-16-9/h5,7-8,13H,3-4,6H2,1-2H3,(H,12,14). The minimum absolute atomic E-state index is 0.0124. The van der Waals surface area contributed by atoms with E-state index in [-0.39, 0.29) is 11.9 Å². The van der Waals surface area contributed by atoms with E-state index in [4.69, 9.17) is 4.74 Å². The van der Waals surface area contributed by atoms with Crippen LogP contribution in [0.4, 0.5) is 0 Å². The molecule has 0 saturated carbocycles. The molecule has 0 aromatic carbocycles. The molecule has 0 fully saturated rings. The number of ether oxygens (including phenoxy) is 1. The van der Waals surface area contributed by atoms with Gasteiger partial charge in [0.2, 0.25) is 5.91 Å². The van der Waals surface area contributed by atoms with Crippen molar-refractivity contribution in [3.8, 4) is 0 Å². The largest absolute Gasteiger partial charge is 0.383 e. The quantitative estimate of drug-likeness (QED) is 0.680. The number of carbonyl (C=O) groups is 1. The van der Waals surface area contributed by atoms with Crippen molar-refractivity contribution in [1.82, 2.24) is 15.6 Å². The molecule has 6 heteroatoms. The fourth-order valence-corrected chi connectivity index (χ4v) is 1.65. The highest BCUT2D eigenvalue weighted by molar-refractivity contribution is 7.09. The first-order valence-corrected chi connectivity index (χ1v) is 5.99. The summed E-state index contributed by atoms with van der Waals surface area (Å²) in [5, 5.41) is 5.90. The maximum Gasteiger partial charge on any atom is 0.236 e. The molecule has 0 spiro atoms. The number of rotatable bonds is 7. The van der Waals surface area contributed by atoms with Crippen LogP contribution >= 0.6 is 11.3 Å². The van der Waals surface area contributed by atoms with Crippen LogP contribution < -0.4 is 10.6 Å². The maximum atomic E-state index is 11.5. The van der Waals surface area contributed by atoms with Gasteiger partial charge in [0.15, 0.2) is 0 Å². The molecule has 90 valence electrons. The van der Waals surface area contributed by atoms with E-state index in [0.717, 1.165) is 4.88 Å². The Labute approximate surface area is 99.2 Å². The first-order chi connectivity index (χ1) is 7.74. The molecule has 5 nitrogen and oxygen atoms in total. The number of methoxy groups -OCH3 is 1. The van der Waals surface area contributed by atoms with Gasteiger partial charge in [0, 0.05) is 31.3 Å². The lowest BCUT2D eigenvalue weighted by atomic mass is 10.3. The second kappa shape index (κ2) is 7.32. The minimum atomic E-state index is -0.209. The zero-order valence-electron chi connectivity index (χ0n) is 9.53. The minimum Gasteiger partial charge on any atom is -0.383 e. The Hall–Kier alpha value is -0.980. The van der Waals surface area contributed by atoms with Crippen LogP contribution in [-0.4, -0.2) is 37.2 Å². The van der Waals surface area contributed by atoms with Crippen LogP contribution in [-0.2, 0) is 16.1 Å². The van der Waals surface area contributed by atoms with Crippen molar-refractivity contribution in [3.05, 3.63) is 16.6 Å². The predicted octanol–water partition coefficient (Wildman–Crippen LogP) is 0.384. The first kappa shape index (κ1) is 13.1. The smallest absolute Gasteiger partial charge is 0.236 e. The Kier molecular flexibility index (Phi) is 5.99. The van der Waals surface area contributed by atoms with Gasteiger partial charge < -0.3 is 15.4 Å². The van der Waals surface area contributed by atoms with E-state index in [2.05, 4.69) is 15.6 Å². The molecule has 1 atom stereocenters. The predicted molar refractivity (Wildman–Crippen MR) is 63.3 cm³/mol. The summed E-state index contributed by atoms with van der Waals surface area (Å²) < 4.78 is 4.85. The summed E-state index contributed by atoms with van der Waals surface area (Å²) in [7, 11) is 1.61. The highest BCUT2D eigenvalue weighted by atomic mass is 32.1. The summed E-state index contributed by atoms with van der Waals surface area (Å²) in [6, 6.07) is -0.209. The second-order valence-electron chi connectivity index (χ2n) is 3.35. The molecule has 1 heterocycles. The van der Waals surface area contributed by atoms with Gasteiger partial charge in [0.25, 0.3) is 0 Å². The zero-order valence-corrected chi connectivity index (χ0v) is 10.3. The molecule has 1 amide bonds. The van der Waals surface area contributed by atoms with E-state index < -0.39 is 0 Å². The average molecular weight is 243 g/mol. The van der Waals surface area contributed by atoms with Crippen molar-refractivity contribution < 1.29 is 9.53 Å². The van der Waals surface area contributed by atoms with Gasteiger partial charge >= 0.3 is 0 Å². The molecule has 0 aliphatic heterocycles. The number of nitrogens with zero attached hydrogens (tertiary/aromatic N) is 1. The van der Waals surface area contributed by atoms with Crippen molar-refractivity contribution in [2.45, 2.75) is 19.5 Å². The summed E-state index contributed by atoms with van der Waals surface area (Å²) in [6.45, 7) is 3.59. The zero-order chi connectivity index (χ0) is 11.8. The molecule has 1 unspecified atom stereocenters. The second-order valence-corrected chi connectivity index (χ2v) is 4.33. The van der Waals surface area contributed by atoms with E-state index in [1.165, 1.54) is 0 Å². The Morgan fingerprint density at radius 1 is 1.69 bits per heavy atom.